The smallest absolute Gasteiger partial charge is 0.296 e. The molecular formula is C51H82N2O17S3. The fourth-order valence-electron chi connectivity index (χ4n) is 8.03. The van der Waals surface area contributed by atoms with Crippen molar-refractivity contribution < 1.29 is 77.0 Å². The number of aliphatic hydroxyl groups excluding tert-OH is 1. The van der Waals surface area contributed by atoms with Crippen molar-refractivity contribution in [3.63, 3.8) is 0 Å². The largest absolute Gasteiger partial charge is 0.507 e. The van der Waals surface area contributed by atoms with Gasteiger partial charge in [-0.3, -0.25) is 12.5 Å². The van der Waals surface area contributed by atoms with Crippen LogP contribution < -0.4 is 9.80 Å². The highest BCUT2D eigenvalue weighted by molar-refractivity contribution is 7.87. The number of rotatable bonds is 40. The summed E-state index contributed by atoms with van der Waals surface area (Å²) in [7, 11) is -2.53. The molecule has 2 N–H and O–H groups in total. The number of aliphatic hydroxyl groups is 1. The molecular weight excluding hydrogens is 1010 g/mol. The van der Waals surface area contributed by atoms with Gasteiger partial charge in [-0.15, -0.1) is 0 Å². The number of methoxy groups -OCH3 is 1. The first-order valence-corrected chi connectivity index (χ1v) is 28.8. The number of phenolic OH excluding ortho intramolecular Hbond substituents is 1. The molecule has 2 unspecified atom stereocenters. The van der Waals surface area contributed by atoms with Gasteiger partial charge in [-0.1, -0.05) is 39.0 Å². The Kier molecular flexibility index (Phi) is 29.5. The van der Waals surface area contributed by atoms with Crippen molar-refractivity contribution in [1.82, 2.24) is 0 Å². The lowest BCUT2D eigenvalue weighted by molar-refractivity contribution is 0.00455. The van der Waals surface area contributed by atoms with Gasteiger partial charge in [0.25, 0.3) is 20.2 Å². The van der Waals surface area contributed by atoms with E-state index in [0.29, 0.717) is 122 Å². The van der Waals surface area contributed by atoms with Crippen LogP contribution in [0, 0.1) is 5.41 Å². The Morgan fingerprint density at radius 3 is 1.96 bits per heavy atom. The van der Waals surface area contributed by atoms with Crippen molar-refractivity contribution >= 4 is 48.3 Å². The van der Waals surface area contributed by atoms with Crippen LogP contribution in [0.15, 0.2) is 71.3 Å². The van der Waals surface area contributed by atoms with Crippen molar-refractivity contribution in [2.75, 3.05) is 162 Å². The Morgan fingerprint density at radius 2 is 1.38 bits per heavy atom. The summed E-state index contributed by atoms with van der Waals surface area (Å²) < 4.78 is 116. The van der Waals surface area contributed by atoms with E-state index in [4.69, 9.17) is 50.8 Å². The number of phenols is 1. The Labute approximate surface area is 437 Å². The molecule has 1 aliphatic heterocycles. The van der Waals surface area contributed by atoms with Gasteiger partial charge in [0.05, 0.1) is 124 Å². The zero-order valence-electron chi connectivity index (χ0n) is 44.2. The van der Waals surface area contributed by atoms with Crippen LogP contribution in [0.5, 0.6) is 5.75 Å². The molecule has 416 valence electrons. The lowest BCUT2D eigenvalue weighted by Crippen LogP contribution is -2.31. The first-order valence-electron chi connectivity index (χ1n) is 24.6. The van der Waals surface area contributed by atoms with Crippen LogP contribution in [0.2, 0.25) is 0 Å². The molecule has 2 atom stereocenters. The molecule has 73 heavy (non-hydrogen) atoms. The minimum absolute atomic E-state index is 0.0114. The molecule has 0 amide bonds. The van der Waals surface area contributed by atoms with E-state index in [-0.39, 0.29) is 54.6 Å². The quantitative estimate of drug-likeness (QED) is 0.0597. The second kappa shape index (κ2) is 33.6. The maximum absolute atomic E-state index is 13.0. The van der Waals surface area contributed by atoms with E-state index in [9.17, 15) is 26.2 Å². The van der Waals surface area contributed by atoms with E-state index in [0.717, 1.165) is 36.9 Å². The van der Waals surface area contributed by atoms with E-state index in [1.165, 1.54) is 13.2 Å². The summed E-state index contributed by atoms with van der Waals surface area (Å²) in [6, 6.07) is 10.4. The molecule has 1 aliphatic rings. The molecule has 0 saturated carbocycles. The first-order chi connectivity index (χ1) is 34.9. The molecule has 0 aromatic heterocycles. The van der Waals surface area contributed by atoms with Crippen LogP contribution in [-0.2, 0) is 82.4 Å². The molecule has 3 rings (SSSR count). The summed E-state index contributed by atoms with van der Waals surface area (Å²) in [6.45, 7) is 14.6. The number of fused-ring (bicyclic) bond motifs is 1. The second-order valence-corrected chi connectivity index (χ2v) is 22.9. The van der Waals surface area contributed by atoms with Gasteiger partial charge in [-0.25, -0.2) is 4.21 Å². The van der Waals surface area contributed by atoms with Gasteiger partial charge in [-0.05, 0) is 85.6 Å². The van der Waals surface area contributed by atoms with Crippen LogP contribution in [0.25, 0.3) is 5.57 Å². The molecule has 2 aromatic rings. The van der Waals surface area contributed by atoms with E-state index >= 15 is 0 Å². The minimum Gasteiger partial charge on any atom is -0.507 e. The SMILES string of the molecule is COCCOCCOCCOCCN(CCCS(=O)OC)c1ccc(/C(=C\C/C=C/C=C2/N(CCCS(=O)(=O)OC)c3ccc(S(=O)(=O)OC)cc3C2(C)CCOCCOCCOCCO)C(C)(C)C)c(O)c1. The number of benzene rings is 2. The van der Waals surface area contributed by atoms with Gasteiger partial charge in [-0.2, -0.15) is 16.8 Å². The highest BCUT2D eigenvalue weighted by Crippen LogP contribution is 2.51. The second-order valence-electron chi connectivity index (χ2n) is 18.0. The minimum atomic E-state index is -4.06. The summed E-state index contributed by atoms with van der Waals surface area (Å²) in [5.41, 5.74) is 3.47. The summed E-state index contributed by atoms with van der Waals surface area (Å²) in [6.07, 6.45) is 9.71. The third-order valence-electron chi connectivity index (χ3n) is 11.9. The number of aromatic hydroxyl groups is 1. The molecule has 2 aromatic carbocycles. The van der Waals surface area contributed by atoms with Crippen LogP contribution >= 0.6 is 0 Å². The van der Waals surface area contributed by atoms with Crippen molar-refractivity contribution in [3.05, 3.63) is 77.5 Å². The highest BCUT2D eigenvalue weighted by Gasteiger charge is 2.44. The lowest BCUT2D eigenvalue weighted by Gasteiger charge is -2.30. The normalized spacial score (nSPS) is 16.5. The standard InChI is InChI=1S/C51H82N2O17S3/c1-50(2,3)45(44-18-16-42(40-48(44)55)52(21-12-38-71(56)62-6)23-26-66-31-34-70-37-36-68-29-28-61-5)14-10-9-11-15-49-51(4,20-25-65-30-33-69-35-32-67-27-24-54)46-41-43(73(59,60)64-8)17-19-47(46)53(49)22-13-39-72(57,58)63-7/h9,11,14-19,40-41,54-55H,10,12-13,20-39H2,1-8H3/b11-9+,45-14+,49-15+. The lowest BCUT2D eigenvalue weighted by atomic mass is 9.78. The fourth-order valence-corrected chi connectivity index (χ4v) is 9.90. The Bertz CT molecular complexity index is 2270. The number of hydrogen-bond donors (Lipinski definition) is 2. The van der Waals surface area contributed by atoms with Crippen molar-refractivity contribution in [2.24, 2.45) is 5.41 Å². The van der Waals surface area contributed by atoms with E-state index in [2.05, 4.69) is 31.7 Å². The predicted octanol–water partition coefficient (Wildman–Crippen LogP) is 5.77. The predicted molar refractivity (Wildman–Crippen MR) is 283 cm³/mol. The topological polar surface area (TPSA) is 225 Å². The molecule has 19 nitrogen and oxygen atoms in total. The third kappa shape index (κ3) is 22.0. The Morgan fingerprint density at radius 1 is 0.767 bits per heavy atom. The number of allylic oxidation sites excluding steroid dienone is 6. The van der Waals surface area contributed by atoms with Crippen molar-refractivity contribution in [3.8, 4) is 5.75 Å². The van der Waals surface area contributed by atoms with Crippen LogP contribution in [0.3, 0.4) is 0 Å². The molecule has 0 bridgehead atoms. The molecule has 0 radical (unpaired) electrons. The number of hydrogen-bond acceptors (Lipinski definition) is 19. The van der Waals surface area contributed by atoms with Gasteiger partial charge in [0.1, 0.15) is 5.75 Å². The van der Waals surface area contributed by atoms with Crippen LogP contribution in [0.1, 0.15) is 64.5 Å². The van der Waals surface area contributed by atoms with Gasteiger partial charge < -0.3 is 53.2 Å². The molecule has 0 aliphatic carbocycles. The number of ether oxygens (including phenoxy) is 7. The van der Waals surface area contributed by atoms with Crippen LogP contribution in [0.4, 0.5) is 11.4 Å². The van der Waals surface area contributed by atoms with E-state index in [1.807, 2.05) is 42.2 Å². The van der Waals surface area contributed by atoms with Crippen molar-refractivity contribution in [2.45, 2.75) is 63.7 Å². The van der Waals surface area contributed by atoms with Crippen LogP contribution in [-0.4, -0.2) is 183 Å². The van der Waals surface area contributed by atoms with Crippen molar-refractivity contribution in [1.29, 1.82) is 0 Å². The molecule has 0 fully saturated rings. The third-order valence-corrected chi connectivity index (χ3v) is 15.4. The van der Waals surface area contributed by atoms with Gasteiger partial charge >= 0.3 is 0 Å². The maximum Gasteiger partial charge on any atom is 0.296 e. The summed E-state index contributed by atoms with van der Waals surface area (Å²) >= 11 is -1.40. The molecule has 0 saturated heterocycles. The van der Waals surface area contributed by atoms with E-state index < -0.39 is 36.7 Å². The summed E-state index contributed by atoms with van der Waals surface area (Å²) in [5.74, 6) is 0.246. The van der Waals surface area contributed by atoms with E-state index in [1.54, 1.807) is 25.3 Å². The number of anilines is 2. The average Bonchev–Trinajstić information content (AvgIpc) is 3.59. The van der Waals surface area contributed by atoms with Gasteiger partial charge in [0.15, 0.2) is 11.1 Å². The summed E-state index contributed by atoms with van der Waals surface area (Å²) in [4.78, 5) is 4.09. The van der Waals surface area contributed by atoms with Gasteiger partial charge in [0, 0.05) is 67.5 Å². The highest BCUT2D eigenvalue weighted by atomic mass is 32.2. The Hall–Kier alpha value is -3.33. The Balaban J connectivity index is 1.90. The number of nitrogens with zero attached hydrogens (tertiary/aromatic N) is 2. The fraction of sp³-hybridized carbons (Fsp3) is 0.647. The average molecular weight is 1090 g/mol. The molecule has 22 heteroatoms. The summed E-state index contributed by atoms with van der Waals surface area (Å²) in [5, 5.41) is 20.6. The first kappa shape index (κ1) is 64.0. The molecule has 0 spiro atoms. The monoisotopic (exact) mass is 1090 g/mol. The van der Waals surface area contributed by atoms with Gasteiger partial charge in [0.2, 0.25) is 0 Å². The molecule has 1 heterocycles. The maximum atomic E-state index is 13.0. The zero-order valence-corrected chi connectivity index (χ0v) is 46.6. The zero-order chi connectivity index (χ0) is 53.8.